The number of carboxylic acids is 1. The summed E-state index contributed by atoms with van der Waals surface area (Å²) in [6, 6.07) is 17.6. The standard InChI is InChI=1S/C31H33ClN4O5/c1-3-40-30-25(31(38)39)17-33-36(30)28-9-5-8-27(34-28)24-6-4-7-26(32)29(24)41-15-13-21-10-11-23-18-35(20(2)19-37)14-12-22(23)16-21/h4-11,16-17,20,37H,3,12-15,18-19H2,1-2H3,(H,38,39). The Bertz CT molecular complexity index is 1540. The molecule has 0 saturated heterocycles. The summed E-state index contributed by atoms with van der Waals surface area (Å²) in [5, 5.41) is 23.7. The number of hydrogen-bond donors (Lipinski definition) is 2. The van der Waals surface area contributed by atoms with Crippen molar-refractivity contribution in [2.24, 2.45) is 0 Å². The van der Waals surface area contributed by atoms with E-state index in [9.17, 15) is 15.0 Å². The van der Waals surface area contributed by atoms with Gasteiger partial charge in [0.05, 0.1) is 36.7 Å². The second-order valence-corrected chi connectivity index (χ2v) is 10.4. The summed E-state index contributed by atoms with van der Waals surface area (Å²) in [5.74, 6) is -0.0704. The van der Waals surface area contributed by atoms with Gasteiger partial charge in [-0.25, -0.2) is 9.78 Å². The van der Waals surface area contributed by atoms with E-state index < -0.39 is 5.97 Å². The SMILES string of the molecule is CCOc1c(C(=O)O)cnn1-c1cccc(-c2cccc(Cl)c2OCCc2ccc3c(c2)CCN(C(C)CO)C3)n1. The van der Waals surface area contributed by atoms with Gasteiger partial charge in [0.25, 0.3) is 0 Å². The summed E-state index contributed by atoms with van der Waals surface area (Å²) in [5.41, 5.74) is 5.12. The Labute approximate surface area is 243 Å². The van der Waals surface area contributed by atoms with Crippen LogP contribution in [0.5, 0.6) is 11.6 Å². The number of benzene rings is 2. The van der Waals surface area contributed by atoms with Crippen LogP contribution in [0.2, 0.25) is 5.02 Å². The topological polar surface area (TPSA) is 110 Å². The predicted octanol–water partition coefficient (Wildman–Crippen LogP) is 5.05. The number of nitrogens with zero attached hydrogens (tertiary/aromatic N) is 4. The van der Waals surface area contributed by atoms with Gasteiger partial charge in [-0.2, -0.15) is 9.78 Å². The summed E-state index contributed by atoms with van der Waals surface area (Å²) in [7, 11) is 0. The number of aliphatic hydroxyl groups is 1. The molecule has 1 aliphatic rings. The van der Waals surface area contributed by atoms with Crippen molar-refractivity contribution in [2.45, 2.75) is 39.3 Å². The first-order valence-electron chi connectivity index (χ1n) is 13.7. The fourth-order valence-corrected chi connectivity index (χ4v) is 5.25. The van der Waals surface area contributed by atoms with Crippen LogP contribution in [0.15, 0.2) is 60.8 Å². The minimum Gasteiger partial charge on any atom is -0.491 e. The second-order valence-electron chi connectivity index (χ2n) is 9.96. The lowest BCUT2D eigenvalue weighted by atomic mass is 9.95. The Balaban J connectivity index is 1.34. The van der Waals surface area contributed by atoms with E-state index in [1.807, 2.05) is 24.3 Å². The fourth-order valence-electron chi connectivity index (χ4n) is 5.02. The van der Waals surface area contributed by atoms with Crippen LogP contribution < -0.4 is 9.47 Å². The van der Waals surface area contributed by atoms with Gasteiger partial charge in [-0.3, -0.25) is 4.90 Å². The van der Waals surface area contributed by atoms with Gasteiger partial charge in [0.15, 0.2) is 5.82 Å². The largest absolute Gasteiger partial charge is 0.491 e. The highest BCUT2D eigenvalue weighted by atomic mass is 35.5. The molecule has 2 aromatic carbocycles. The molecule has 41 heavy (non-hydrogen) atoms. The number of aromatic nitrogens is 3. The van der Waals surface area contributed by atoms with Crippen LogP contribution in [0.25, 0.3) is 17.1 Å². The first-order chi connectivity index (χ1) is 19.9. The molecule has 0 aliphatic carbocycles. The smallest absolute Gasteiger partial charge is 0.342 e. The minimum absolute atomic E-state index is 0.0370. The average Bonchev–Trinajstić information content (AvgIpc) is 3.41. The van der Waals surface area contributed by atoms with E-state index in [1.54, 1.807) is 19.1 Å². The molecule has 1 atom stereocenters. The zero-order valence-electron chi connectivity index (χ0n) is 23.1. The third-order valence-corrected chi connectivity index (χ3v) is 7.57. The van der Waals surface area contributed by atoms with E-state index in [2.05, 4.69) is 35.1 Å². The third-order valence-electron chi connectivity index (χ3n) is 7.27. The summed E-state index contributed by atoms with van der Waals surface area (Å²) < 4.78 is 13.2. The molecular weight excluding hydrogens is 544 g/mol. The maximum atomic E-state index is 11.6. The van der Waals surface area contributed by atoms with Crippen molar-refractivity contribution in [2.75, 3.05) is 26.4 Å². The number of aliphatic hydroxyl groups excluding tert-OH is 1. The van der Waals surface area contributed by atoms with E-state index in [0.717, 1.165) is 19.5 Å². The number of carbonyl (C=O) groups is 1. The van der Waals surface area contributed by atoms with Crippen molar-refractivity contribution < 1.29 is 24.5 Å². The van der Waals surface area contributed by atoms with Crippen LogP contribution in [-0.4, -0.2) is 68.3 Å². The van der Waals surface area contributed by atoms with Crippen molar-refractivity contribution in [3.8, 4) is 28.7 Å². The van der Waals surface area contributed by atoms with Crippen LogP contribution in [0.3, 0.4) is 0 Å². The first-order valence-corrected chi connectivity index (χ1v) is 14.1. The summed E-state index contributed by atoms with van der Waals surface area (Å²) in [6.07, 6.45) is 2.92. The number of ether oxygens (including phenoxy) is 2. The molecule has 214 valence electrons. The Kier molecular flexibility index (Phi) is 8.87. The van der Waals surface area contributed by atoms with Crippen LogP contribution in [0, 0.1) is 0 Å². The van der Waals surface area contributed by atoms with Crippen molar-refractivity contribution in [3.05, 3.63) is 88.1 Å². The average molecular weight is 577 g/mol. The highest BCUT2D eigenvalue weighted by Gasteiger charge is 2.22. The molecule has 2 aromatic heterocycles. The lowest BCUT2D eigenvalue weighted by Crippen LogP contribution is -2.39. The highest BCUT2D eigenvalue weighted by Crippen LogP contribution is 2.36. The van der Waals surface area contributed by atoms with Gasteiger partial charge in [-0.05, 0) is 61.2 Å². The van der Waals surface area contributed by atoms with Gasteiger partial charge in [0.1, 0.15) is 11.3 Å². The molecule has 0 radical (unpaired) electrons. The van der Waals surface area contributed by atoms with E-state index >= 15 is 0 Å². The molecule has 5 rings (SSSR count). The summed E-state index contributed by atoms with van der Waals surface area (Å²) in [4.78, 5) is 18.7. The monoisotopic (exact) mass is 576 g/mol. The zero-order chi connectivity index (χ0) is 28.9. The quantitative estimate of drug-likeness (QED) is 0.255. The van der Waals surface area contributed by atoms with Gasteiger partial charge in [-0.1, -0.05) is 41.9 Å². The maximum absolute atomic E-state index is 11.6. The maximum Gasteiger partial charge on any atom is 0.342 e. The second kappa shape index (κ2) is 12.7. The number of rotatable bonds is 11. The van der Waals surface area contributed by atoms with Crippen LogP contribution in [-0.2, 0) is 19.4 Å². The molecule has 0 fully saturated rings. The number of halogens is 1. The molecule has 1 unspecified atom stereocenters. The van der Waals surface area contributed by atoms with E-state index in [0.29, 0.717) is 40.9 Å². The van der Waals surface area contributed by atoms with Gasteiger partial charge < -0.3 is 19.7 Å². The van der Waals surface area contributed by atoms with Gasteiger partial charge in [0.2, 0.25) is 5.88 Å². The lowest BCUT2D eigenvalue weighted by molar-refractivity contribution is 0.0692. The molecule has 0 saturated carbocycles. The van der Waals surface area contributed by atoms with Crippen molar-refractivity contribution >= 4 is 17.6 Å². The van der Waals surface area contributed by atoms with E-state index in [1.165, 1.54) is 27.6 Å². The fraction of sp³-hybridized carbons (Fsp3) is 0.323. The Morgan fingerprint density at radius 1 is 1.12 bits per heavy atom. The van der Waals surface area contributed by atoms with Crippen molar-refractivity contribution in [1.82, 2.24) is 19.7 Å². The Hall–Kier alpha value is -3.92. The highest BCUT2D eigenvalue weighted by molar-refractivity contribution is 6.32. The molecule has 4 aromatic rings. The van der Waals surface area contributed by atoms with Crippen LogP contribution in [0.4, 0.5) is 0 Å². The molecule has 0 bridgehead atoms. The summed E-state index contributed by atoms with van der Waals surface area (Å²) in [6.45, 7) is 6.49. The van der Waals surface area contributed by atoms with Crippen molar-refractivity contribution in [3.63, 3.8) is 0 Å². The molecule has 9 nitrogen and oxygen atoms in total. The zero-order valence-corrected chi connectivity index (χ0v) is 23.8. The molecular formula is C31H33ClN4O5. The van der Waals surface area contributed by atoms with Crippen molar-refractivity contribution in [1.29, 1.82) is 0 Å². The van der Waals surface area contributed by atoms with Crippen LogP contribution in [0.1, 0.15) is 40.9 Å². The van der Waals surface area contributed by atoms with Gasteiger partial charge >= 0.3 is 5.97 Å². The molecule has 3 heterocycles. The summed E-state index contributed by atoms with van der Waals surface area (Å²) >= 11 is 6.59. The minimum atomic E-state index is -1.13. The Morgan fingerprint density at radius 3 is 2.73 bits per heavy atom. The van der Waals surface area contributed by atoms with E-state index in [-0.39, 0.29) is 30.7 Å². The van der Waals surface area contributed by atoms with Crippen LogP contribution >= 0.6 is 11.6 Å². The van der Waals surface area contributed by atoms with Gasteiger partial charge in [0, 0.05) is 31.1 Å². The first kappa shape index (κ1) is 28.6. The van der Waals surface area contributed by atoms with Gasteiger partial charge in [-0.15, -0.1) is 0 Å². The number of pyridine rings is 1. The number of aromatic carboxylic acids is 1. The normalized spacial score (nSPS) is 14.0. The number of para-hydroxylation sites is 1. The molecule has 1 aliphatic heterocycles. The third kappa shape index (κ3) is 6.22. The number of hydrogen-bond acceptors (Lipinski definition) is 7. The Morgan fingerprint density at radius 2 is 1.95 bits per heavy atom. The molecule has 0 amide bonds. The number of carboxylic acid groups (broad SMARTS) is 1. The number of fused-ring (bicyclic) bond motifs is 1. The molecule has 10 heteroatoms. The van der Waals surface area contributed by atoms with E-state index in [4.69, 9.17) is 26.1 Å². The molecule has 0 spiro atoms. The molecule has 2 N–H and O–H groups in total. The predicted molar refractivity (Wildman–Crippen MR) is 156 cm³/mol. The lowest BCUT2D eigenvalue weighted by Gasteiger charge is -2.33.